The Morgan fingerprint density at radius 1 is 0.541 bits per heavy atom. The Kier molecular flexibility index (Phi) is 40.7. The van der Waals surface area contributed by atoms with Crippen LogP contribution in [0.5, 0.6) is 0 Å². The van der Waals surface area contributed by atoms with E-state index in [2.05, 4.69) is 19.2 Å². The van der Waals surface area contributed by atoms with Crippen molar-refractivity contribution in [2.45, 2.75) is 301 Å². The molecule has 61 heavy (non-hydrogen) atoms. The summed E-state index contributed by atoms with van der Waals surface area (Å²) in [6.45, 7) is 3.77. The maximum absolute atomic E-state index is 13.0. The van der Waals surface area contributed by atoms with Crippen LogP contribution in [0, 0.1) is 0 Å². The molecule has 9 nitrogen and oxygen atoms in total. The summed E-state index contributed by atoms with van der Waals surface area (Å²) in [4.78, 5) is 13.0. The number of amides is 1. The average Bonchev–Trinajstić information content (AvgIpc) is 3.26. The van der Waals surface area contributed by atoms with Gasteiger partial charge < -0.3 is 40.3 Å². The van der Waals surface area contributed by atoms with E-state index in [-0.39, 0.29) is 12.5 Å². The third-order valence-corrected chi connectivity index (χ3v) is 12.9. The van der Waals surface area contributed by atoms with Gasteiger partial charge in [0.25, 0.3) is 0 Å². The molecule has 0 bridgehead atoms. The normalized spacial score (nSPS) is 20.4. The van der Waals surface area contributed by atoms with Crippen LogP contribution in [-0.2, 0) is 14.3 Å². The van der Waals surface area contributed by atoms with Crippen LogP contribution in [0.3, 0.4) is 0 Å². The number of ether oxygens (including phenoxy) is 2. The van der Waals surface area contributed by atoms with E-state index in [4.69, 9.17) is 9.47 Å². The lowest BCUT2D eigenvalue weighted by molar-refractivity contribution is -0.302. The third-order valence-electron chi connectivity index (χ3n) is 12.9. The topological polar surface area (TPSA) is 149 Å². The Balaban J connectivity index is 2.13. The van der Waals surface area contributed by atoms with Gasteiger partial charge in [0.15, 0.2) is 6.29 Å². The lowest BCUT2D eigenvalue weighted by Crippen LogP contribution is -2.60. The van der Waals surface area contributed by atoms with E-state index in [0.717, 1.165) is 38.5 Å². The molecule has 1 rings (SSSR count). The molecule has 1 amide bonds. The Morgan fingerprint density at radius 2 is 0.902 bits per heavy atom. The summed E-state index contributed by atoms with van der Waals surface area (Å²) in [5.74, 6) is -0.173. The van der Waals surface area contributed by atoms with Crippen LogP contribution in [0.25, 0.3) is 0 Å². The van der Waals surface area contributed by atoms with E-state index in [9.17, 15) is 30.3 Å². The molecule has 1 heterocycles. The predicted octanol–water partition coefficient (Wildman–Crippen LogP) is 12.1. The number of allylic oxidation sites excluding steroid dienone is 1. The Bertz CT molecular complexity index is 966. The Hall–Kier alpha value is -1.07. The van der Waals surface area contributed by atoms with Gasteiger partial charge in [0.05, 0.1) is 25.4 Å². The lowest BCUT2D eigenvalue weighted by Gasteiger charge is -2.40. The van der Waals surface area contributed by atoms with Crippen molar-refractivity contribution < 1.29 is 39.8 Å². The summed E-state index contributed by atoms with van der Waals surface area (Å²) in [6.07, 6.45) is 44.4. The Labute approximate surface area is 376 Å². The minimum Gasteiger partial charge on any atom is -0.394 e. The molecule has 0 aromatic rings. The van der Waals surface area contributed by atoms with Gasteiger partial charge in [-0.15, -0.1) is 0 Å². The highest BCUT2D eigenvalue weighted by atomic mass is 16.7. The van der Waals surface area contributed by atoms with Gasteiger partial charge in [0.1, 0.15) is 24.4 Å². The fourth-order valence-corrected chi connectivity index (χ4v) is 8.63. The summed E-state index contributed by atoms with van der Waals surface area (Å²) in [5, 5.41) is 54.2. The van der Waals surface area contributed by atoms with E-state index in [1.54, 1.807) is 6.08 Å². The molecule has 1 aliphatic rings. The molecule has 9 heteroatoms. The third kappa shape index (κ3) is 33.1. The summed E-state index contributed by atoms with van der Waals surface area (Å²) in [6, 6.07) is -0.798. The molecule has 0 aromatic heterocycles. The highest BCUT2D eigenvalue weighted by Crippen LogP contribution is 2.23. The molecule has 0 radical (unpaired) electrons. The van der Waals surface area contributed by atoms with Crippen molar-refractivity contribution in [1.82, 2.24) is 5.32 Å². The van der Waals surface area contributed by atoms with Crippen molar-refractivity contribution in [1.29, 1.82) is 0 Å². The van der Waals surface area contributed by atoms with Crippen molar-refractivity contribution in [3.8, 4) is 0 Å². The minimum absolute atomic E-state index is 0.173. The van der Waals surface area contributed by atoms with Crippen LogP contribution in [0.4, 0.5) is 0 Å². The van der Waals surface area contributed by atoms with Gasteiger partial charge in [-0.3, -0.25) is 4.79 Å². The molecule has 1 aliphatic heterocycles. The van der Waals surface area contributed by atoms with Gasteiger partial charge in [-0.05, 0) is 19.3 Å². The van der Waals surface area contributed by atoms with E-state index in [0.29, 0.717) is 6.42 Å². The van der Waals surface area contributed by atoms with Gasteiger partial charge in [-0.2, -0.15) is 0 Å². The molecular weight excluding hydrogens is 767 g/mol. The van der Waals surface area contributed by atoms with Crippen molar-refractivity contribution >= 4 is 5.91 Å². The van der Waals surface area contributed by atoms with Crippen molar-refractivity contribution in [3.05, 3.63) is 12.2 Å². The number of hydrogen-bond acceptors (Lipinski definition) is 8. The molecule has 362 valence electrons. The van der Waals surface area contributed by atoms with E-state index < -0.39 is 49.5 Å². The van der Waals surface area contributed by atoms with E-state index in [1.165, 1.54) is 199 Å². The van der Waals surface area contributed by atoms with Crippen molar-refractivity contribution in [2.75, 3.05) is 13.2 Å². The minimum atomic E-state index is -1.56. The first-order chi connectivity index (χ1) is 29.8. The molecule has 7 atom stereocenters. The van der Waals surface area contributed by atoms with Crippen LogP contribution < -0.4 is 5.32 Å². The number of hydrogen-bond donors (Lipinski definition) is 6. The number of carbonyl (C=O) groups excluding carboxylic acids is 1. The maximum atomic E-state index is 13.0. The fourth-order valence-electron chi connectivity index (χ4n) is 8.63. The molecule has 1 saturated heterocycles. The lowest BCUT2D eigenvalue weighted by atomic mass is 9.99. The molecule has 0 spiro atoms. The molecule has 0 aliphatic carbocycles. The van der Waals surface area contributed by atoms with Crippen LogP contribution in [0.15, 0.2) is 12.2 Å². The maximum Gasteiger partial charge on any atom is 0.220 e. The number of aliphatic hydroxyl groups excluding tert-OH is 5. The van der Waals surface area contributed by atoms with E-state index in [1.807, 2.05) is 6.08 Å². The monoisotopic (exact) mass is 868 g/mol. The smallest absolute Gasteiger partial charge is 0.220 e. The number of nitrogens with one attached hydrogen (secondary N) is 1. The van der Waals surface area contributed by atoms with Gasteiger partial charge in [0.2, 0.25) is 5.91 Å². The van der Waals surface area contributed by atoms with Crippen LogP contribution in [-0.4, -0.2) is 87.5 Å². The molecule has 6 N–H and O–H groups in total. The number of carbonyl (C=O) groups is 1. The molecule has 0 aromatic carbocycles. The second-order valence-corrected chi connectivity index (χ2v) is 18.7. The van der Waals surface area contributed by atoms with Gasteiger partial charge in [0, 0.05) is 6.42 Å². The van der Waals surface area contributed by atoms with Gasteiger partial charge >= 0.3 is 0 Å². The molecule has 0 saturated carbocycles. The number of rotatable bonds is 45. The highest BCUT2D eigenvalue weighted by molar-refractivity contribution is 5.76. The SMILES string of the molecule is CCCCCCCCCC/C=C/C(O)C(COC1OC(CO)C(O)C(O)C1O)NC(=O)CCCCCCCCCCCCCCCCCCCCCCCCCCCCCC. The second kappa shape index (κ2) is 42.9. The number of aliphatic hydroxyl groups is 5. The highest BCUT2D eigenvalue weighted by Gasteiger charge is 2.44. The largest absolute Gasteiger partial charge is 0.394 e. The summed E-state index contributed by atoms with van der Waals surface area (Å²) >= 11 is 0. The Morgan fingerprint density at radius 3 is 1.28 bits per heavy atom. The standard InChI is InChI=1S/C52H101NO8/c1-3-5-7-9-11-13-15-16-17-18-19-20-21-22-23-24-25-26-27-28-29-30-31-32-34-36-38-40-42-48(56)53-45(44-60-52-51(59)50(58)49(57)47(43-54)61-52)46(55)41-39-37-35-33-14-12-10-8-6-4-2/h39,41,45-47,49-52,54-55,57-59H,3-38,40,42-44H2,1-2H3,(H,53,56)/b41-39+. The van der Waals surface area contributed by atoms with Gasteiger partial charge in [-0.25, -0.2) is 0 Å². The molecule has 7 unspecified atom stereocenters. The van der Waals surface area contributed by atoms with Crippen LogP contribution >= 0.6 is 0 Å². The first-order valence-corrected chi connectivity index (χ1v) is 26.4. The summed E-state index contributed by atoms with van der Waals surface area (Å²) in [7, 11) is 0. The quantitative estimate of drug-likeness (QED) is 0.0262. The fraction of sp³-hybridized carbons (Fsp3) is 0.942. The van der Waals surface area contributed by atoms with Crippen molar-refractivity contribution in [2.24, 2.45) is 0 Å². The van der Waals surface area contributed by atoms with Gasteiger partial charge in [-0.1, -0.05) is 244 Å². The molecular formula is C52H101NO8. The first kappa shape index (κ1) is 57.9. The van der Waals surface area contributed by atoms with Crippen LogP contribution in [0.2, 0.25) is 0 Å². The number of unbranched alkanes of at least 4 members (excludes halogenated alkanes) is 35. The second-order valence-electron chi connectivity index (χ2n) is 18.7. The average molecular weight is 868 g/mol. The summed E-state index contributed by atoms with van der Waals surface area (Å²) < 4.78 is 11.2. The first-order valence-electron chi connectivity index (χ1n) is 26.4. The van der Waals surface area contributed by atoms with Crippen molar-refractivity contribution in [3.63, 3.8) is 0 Å². The zero-order valence-electron chi connectivity index (χ0n) is 39.9. The molecule has 1 fully saturated rings. The predicted molar refractivity (Wildman–Crippen MR) is 254 cm³/mol. The van der Waals surface area contributed by atoms with Crippen LogP contribution in [0.1, 0.15) is 258 Å². The van der Waals surface area contributed by atoms with E-state index >= 15 is 0 Å². The zero-order chi connectivity index (χ0) is 44.4. The zero-order valence-corrected chi connectivity index (χ0v) is 39.9. The summed E-state index contributed by atoms with van der Waals surface area (Å²) in [5.41, 5.74) is 0.